The van der Waals surface area contributed by atoms with Gasteiger partial charge in [-0.25, -0.2) is 0 Å². The van der Waals surface area contributed by atoms with Crippen LogP contribution in [0.3, 0.4) is 0 Å². The molecule has 0 aromatic carbocycles. The number of fused-ring (bicyclic) bond motifs is 1. The Kier molecular flexibility index (Phi) is 0.518. The second-order valence-electron chi connectivity index (χ2n) is 5.08. The first-order chi connectivity index (χ1) is 5.83. The van der Waals surface area contributed by atoms with Gasteiger partial charge in [-0.2, -0.15) is 0 Å². The van der Waals surface area contributed by atoms with Gasteiger partial charge in [0.05, 0.1) is 25.4 Å². The van der Waals surface area contributed by atoms with Gasteiger partial charge in [0.2, 0.25) is 0 Å². The standard InChI is InChI=1S/C9H11NO2/c1-10-4-2-11-3-8(4)5-6-9(5,12-6)7(8)10/h4-7H,2-3H2,1H3. The normalized spacial score (nSPS) is 80.8. The third-order valence-corrected chi connectivity index (χ3v) is 5.06. The van der Waals surface area contributed by atoms with Gasteiger partial charge in [-0.3, -0.25) is 4.90 Å². The Morgan fingerprint density at radius 3 is 3.25 bits per heavy atom. The number of rotatable bonds is 0. The molecule has 0 N–H and O–H groups in total. The van der Waals surface area contributed by atoms with Crippen molar-refractivity contribution in [3.05, 3.63) is 0 Å². The molecule has 3 aliphatic heterocycles. The summed E-state index contributed by atoms with van der Waals surface area (Å²) in [5, 5.41) is 0. The maximum Gasteiger partial charge on any atom is 0.117 e. The molecule has 2 spiro atoms. The second kappa shape index (κ2) is 1.11. The Bertz CT molecular complexity index is 320. The van der Waals surface area contributed by atoms with Crippen molar-refractivity contribution in [1.29, 1.82) is 0 Å². The van der Waals surface area contributed by atoms with Gasteiger partial charge in [-0.05, 0) is 7.05 Å². The first-order valence-corrected chi connectivity index (χ1v) is 4.81. The average molecular weight is 165 g/mol. The van der Waals surface area contributed by atoms with E-state index in [4.69, 9.17) is 9.47 Å². The van der Waals surface area contributed by atoms with Gasteiger partial charge in [0.25, 0.3) is 0 Å². The van der Waals surface area contributed by atoms with Crippen LogP contribution in [0.15, 0.2) is 0 Å². The van der Waals surface area contributed by atoms with Crippen molar-refractivity contribution in [2.75, 3.05) is 20.3 Å². The maximum absolute atomic E-state index is 5.60. The molecule has 3 nitrogen and oxygen atoms in total. The first kappa shape index (κ1) is 5.58. The Labute approximate surface area is 70.6 Å². The molecule has 0 aromatic rings. The molecule has 0 aromatic heterocycles. The van der Waals surface area contributed by atoms with Gasteiger partial charge in [-0.1, -0.05) is 0 Å². The smallest absolute Gasteiger partial charge is 0.117 e. The molecule has 0 amide bonds. The van der Waals surface area contributed by atoms with Gasteiger partial charge in [-0.15, -0.1) is 0 Å². The lowest BCUT2D eigenvalue weighted by Gasteiger charge is -2.67. The van der Waals surface area contributed by atoms with E-state index in [2.05, 4.69) is 11.9 Å². The molecular formula is C9H11NO2. The molecule has 6 atom stereocenters. The highest BCUT2D eigenvalue weighted by atomic mass is 16.7. The van der Waals surface area contributed by atoms with Gasteiger partial charge in [0.1, 0.15) is 5.60 Å². The molecule has 3 heterocycles. The molecule has 6 unspecified atom stereocenters. The lowest BCUT2D eigenvalue weighted by molar-refractivity contribution is -0.242. The van der Waals surface area contributed by atoms with Crippen molar-refractivity contribution in [3.8, 4) is 0 Å². The van der Waals surface area contributed by atoms with Crippen LogP contribution in [0.4, 0.5) is 0 Å². The molecule has 2 saturated carbocycles. The molecular weight excluding hydrogens is 154 g/mol. The topological polar surface area (TPSA) is 25.0 Å². The number of likely N-dealkylation sites (tertiary alicyclic amines) is 1. The maximum atomic E-state index is 5.60. The van der Waals surface area contributed by atoms with Gasteiger partial charge < -0.3 is 9.47 Å². The summed E-state index contributed by atoms with van der Waals surface area (Å²) in [6.07, 6.45) is 0.650. The summed E-state index contributed by atoms with van der Waals surface area (Å²) in [5.74, 6) is 0.902. The highest BCUT2D eigenvalue weighted by Crippen LogP contribution is 2.90. The Balaban J connectivity index is 1.70. The van der Waals surface area contributed by atoms with Crippen LogP contribution >= 0.6 is 0 Å². The average Bonchev–Trinajstić information content (AvgIpc) is 2.77. The third-order valence-electron chi connectivity index (χ3n) is 5.06. The number of ether oxygens (including phenoxy) is 2. The summed E-state index contributed by atoms with van der Waals surface area (Å²) >= 11 is 0. The zero-order valence-electron chi connectivity index (χ0n) is 6.99. The molecule has 64 valence electrons. The minimum atomic E-state index is 0.374. The summed E-state index contributed by atoms with van der Waals surface area (Å²) in [5.41, 5.74) is 0.941. The predicted octanol–water partition coefficient (Wildman–Crippen LogP) is -0.533. The van der Waals surface area contributed by atoms with E-state index >= 15 is 0 Å². The van der Waals surface area contributed by atoms with Crippen LogP contribution in [0.25, 0.3) is 0 Å². The van der Waals surface area contributed by atoms with Crippen LogP contribution in [0.5, 0.6) is 0 Å². The van der Waals surface area contributed by atoms with E-state index < -0.39 is 0 Å². The highest BCUT2D eigenvalue weighted by Gasteiger charge is 3.05. The Morgan fingerprint density at radius 2 is 2.42 bits per heavy atom. The van der Waals surface area contributed by atoms with E-state index in [1.165, 1.54) is 0 Å². The zero-order chi connectivity index (χ0) is 7.72. The minimum Gasteiger partial charge on any atom is -0.379 e. The monoisotopic (exact) mass is 165 g/mol. The lowest BCUT2D eigenvalue weighted by atomic mass is 9.52. The molecule has 3 saturated heterocycles. The number of hydrogen-bond acceptors (Lipinski definition) is 3. The van der Waals surface area contributed by atoms with E-state index in [0.717, 1.165) is 31.2 Å². The van der Waals surface area contributed by atoms with Crippen LogP contribution in [-0.2, 0) is 9.47 Å². The van der Waals surface area contributed by atoms with Crippen molar-refractivity contribution >= 4 is 0 Å². The van der Waals surface area contributed by atoms with Crippen LogP contribution in [-0.4, -0.2) is 49.0 Å². The third kappa shape index (κ3) is 0.249. The second-order valence-corrected chi connectivity index (χ2v) is 5.08. The Morgan fingerprint density at radius 1 is 1.50 bits per heavy atom. The molecule has 0 radical (unpaired) electrons. The summed E-state index contributed by atoms with van der Waals surface area (Å²) in [7, 11) is 2.23. The number of nitrogens with zero attached hydrogens (tertiary/aromatic N) is 1. The summed E-state index contributed by atoms with van der Waals surface area (Å²) in [6, 6.07) is 1.46. The number of likely N-dealkylation sites (N-methyl/N-ethyl adjacent to an activating group) is 1. The number of epoxide rings is 1. The van der Waals surface area contributed by atoms with E-state index in [0.29, 0.717) is 17.1 Å². The van der Waals surface area contributed by atoms with Crippen molar-refractivity contribution in [2.45, 2.75) is 23.8 Å². The fourth-order valence-corrected chi connectivity index (χ4v) is 4.64. The largest absolute Gasteiger partial charge is 0.379 e. The molecule has 0 bridgehead atoms. The predicted molar refractivity (Wildman–Crippen MR) is 39.7 cm³/mol. The molecule has 5 fully saturated rings. The van der Waals surface area contributed by atoms with Gasteiger partial charge in [0, 0.05) is 17.4 Å². The van der Waals surface area contributed by atoms with Crippen molar-refractivity contribution < 1.29 is 9.47 Å². The lowest BCUT2D eigenvalue weighted by Crippen LogP contribution is -2.82. The molecule has 2 aliphatic carbocycles. The van der Waals surface area contributed by atoms with Crippen LogP contribution in [0.2, 0.25) is 0 Å². The van der Waals surface area contributed by atoms with E-state index in [9.17, 15) is 0 Å². The molecule has 5 rings (SSSR count). The molecule has 5 aliphatic rings. The van der Waals surface area contributed by atoms with Crippen LogP contribution in [0.1, 0.15) is 0 Å². The van der Waals surface area contributed by atoms with E-state index in [-0.39, 0.29) is 0 Å². The first-order valence-electron chi connectivity index (χ1n) is 4.81. The summed E-state index contributed by atoms with van der Waals surface area (Å²) in [4.78, 5) is 2.48. The quantitative estimate of drug-likeness (QED) is 0.451. The van der Waals surface area contributed by atoms with E-state index in [1.54, 1.807) is 0 Å². The minimum absolute atomic E-state index is 0.374. The van der Waals surface area contributed by atoms with Crippen molar-refractivity contribution in [2.24, 2.45) is 11.3 Å². The van der Waals surface area contributed by atoms with Crippen molar-refractivity contribution in [1.82, 2.24) is 4.90 Å². The van der Waals surface area contributed by atoms with Crippen LogP contribution < -0.4 is 0 Å². The van der Waals surface area contributed by atoms with Gasteiger partial charge in [0.15, 0.2) is 0 Å². The van der Waals surface area contributed by atoms with Crippen molar-refractivity contribution in [3.63, 3.8) is 0 Å². The Hall–Kier alpha value is -0.120. The fourth-order valence-electron chi connectivity index (χ4n) is 4.64. The van der Waals surface area contributed by atoms with Crippen LogP contribution in [0, 0.1) is 11.3 Å². The number of piperidine rings is 1. The number of hydrogen-bond donors (Lipinski definition) is 0. The fraction of sp³-hybridized carbons (Fsp3) is 1.00. The van der Waals surface area contributed by atoms with E-state index in [1.807, 2.05) is 0 Å². The summed E-state index contributed by atoms with van der Waals surface area (Å²) in [6.45, 7) is 1.98. The molecule has 12 heavy (non-hydrogen) atoms. The zero-order valence-corrected chi connectivity index (χ0v) is 6.99. The highest BCUT2D eigenvalue weighted by molar-refractivity contribution is 5.54. The molecule has 3 heteroatoms. The SMILES string of the molecule is CN1C2COCC23C2C4OC42C13. The summed E-state index contributed by atoms with van der Waals surface area (Å²) < 4.78 is 11.2. The van der Waals surface area contributed by atoms with Gasteiger partial charge >= 0.3 is 0 Å².